The lowest BCUT2D eigenvalue weighted by Crippen LogP contribution is -2.66. The fourth-order valence-corrected chi connectivity index (χ4v) is 8.38. The van der Waals surface area contributed by atoms with Crippen molar-refractivity contribution in [2.24, 2.45) is 0 Å². The Hall–Kier alpha value is -2.12. The highest BCUT2D eigenvalue weighted by Crippen LogP contribution is 2.14. The molecule has 0 aliphatic rings. The first-order valence-electron chi connectivity index (χ1n) is 8.04. The van der Waals surface area contributed by atoms with Crippen LogP contribution >= 0.6 is 0 Å². The minimum absolute atomic E-state index is 1.20. The first-order chi connectivity index (χ1) is 10.9. The summed E-state index contributed by atoms with van der Waals surface area (Å²) >= 11 is 0. The average Bonchev–Trinajstić information content (AvgIpc) is 2.62. The Morgan fingerprint density at radius 1 is 0.545 bits per heavy atom. The third-order valence-corrected chi connectivity index (χ3v) is 9.63. The van der Waals surface area contributed by atoms with Gasteiger partial charge in [0.05, 0.1) is 0 Å². The lowest BCUT2D eigenvalue weighted by atomic mass is 10.3. The summed E-state index contributed by atoms with van der Waals surface area (Å²) in [7, 11) is -1.92. The van der Waals surface area contributed by atoms with Gasteiger partial charge in [-0.15, -0.1) is 0 Å². The Balaban J connectivity index is 2.29. The van der Waals surface area contributed by atoms with Crippen molar-refractivity contribution in [3.63, 3.8) is 0 Å². The van der Waals surface area contributed by atoms with E-state index in [0.29, 0.717) is 0 Å². The molecule has 22 heavy (non-hydrogen) atoms. The Labute approximate surface area is 134 Å². The molecule has 0 saturated heterocycles. The van der Waals surface area contributed by atoms with Gasteiger partial charge in [-0.3, -0.25) is 0 Å². The summed E-state index contributed by atoms with van der Waals surface area (Å²) in [6.45, 7) is 2.30. The van der Waals surface area contributed by atoms with Gasteiger partial charge in [0.2, 0.25) is 0 Å². The zero-order valence-electron chi connectivity index (χ0n) is 13.1. The molecular formula is C21H22Si. The smallest absolute Gasteiger partial charge is 0.0656 e. The van der Waals surface area contributed by atoms with Crippen LogP contribution in [0.4, 0.5) is 0 Å². The molecule has 0 amide bonds. The molecule has 0 aliphatic carbocycles. The second kappa shape index (κ2) is 6.76. The van der Waals surface area contributed by atoms with Crippen molar-refractivity contribution < 1.29 is 0 Å². The summed E-state index contributed by atoms with van der Waals surface area (Å²) in [4.78, 5) is 0. The highest BCUT2D eigenvalue weighted by atomic mass is 28.3. The lowest BCUT2D eigenvalue weighted by Gasteiger charge is -2.33. The number of hydrogen-bond acceptors (Lipinski definition) is 0. The Kier molecular flexibility index (Phi) is 4.55. The molecular weight excluding hydrogens is 280 g/mol. The van der Waals surface area contributed by atoms with Crippen LogP contribution in [0.25, 0.3) is 0 Å². The van der Waals surface area contributed by atoms with E-state index in [1.54, 1.807) is 0 Å². The highest BCUT2D eigenvalue weighted by Gasteiger charge is 2.37. The van der Waals surface area contributed by atoms with Crippen molar-refractivity contribution in [1.29, 1.82) is 0 Å². The van der Waals surface area contributed by atoms with E-state index in [2.05, 4.69) is 97.9 Å². The molecule has 0 heterocycles. The Bertz CT molecular complexity index is 593. The summed E-state index contributed by atoms with van der Waals surface area (Å²) in [6, 6.07) is 34.6. The monoisotopic (exact) mass is 302 g/mol. The molecule has 0 aromatic heterocycles. The number of hydrogen-bond donors (Lipinski definition) is 0. The quantitative estimate of drug-likeness (QED) is 0.499. The fourth-order valence-electron chi connectivity index (χ4n) is 3.48. The van der Waals surface area contributed by atoms with Gasteiger partial charge in [-0.1, -0.05) is 104 Å². The predicted octanol–water partition coefficient (Wildman–Crippen LogP) is 3.57. The van der Waals surface area contributed by atoms with Crippen LogP contribution in [0.1, 0.15) is 13.3 Å². The maximum atomic E-state index is 2.32. The van der Waals surface area contributed by atoms with Crippen molar-refractivity contribution in [3.8, 4) is 0 Å². The second-order valence-electron chi connectivity index (χ2n) is 5.75. The predicted molar refractivity (Wildman–Crippen MR) is 99.1 cm³/mol. The summed E-state index contributed by atoms with van der Waals surface area (Å²) in [5.74, 6) is 0. The lowest BCUT2D eigenvalue weighted by molar-refractivity contribution is 1.06. The van der Waals surface area contributed by atoms with Gasteiger partial charge in [-0.2, -0.15) is 0 Å². The van der Waals surface area contributed by atoms with Gasteiger partial charge in [0, 0.05) is 0 Å². The molecule has 110 valence electrons. The topological polar surface area (TPSA) is 0 Å². The van der Waals surface area contributed by atoms with Crippen LogP contribution in [0, 0.1) is 0 Å². The average molecular weight is 302 g/mol. The molecule has 0 saturated carbocycles. The molecule has 0 N–H and O–H groups in total. The molecule has 0 radical (unpaired) electrons. The first-order valence-corrected chi connectivity index (χ1v) is 10.2. The molecule has 3 aromatic rings. The van der Waals surface area contributed by atoms with E-state index in [9.17, 15) is 0 Å². The van der Waals surface area contributed by atoms with Crippen LogP contribution in [-0.2, 0) is 0 Å². The van der Waals surface area contributed by atoms with Crippen molar-refractivity contribution in [1.82, 2.24) is 0 Å². The van der Waals surface area contributed by atoms with Crippen molar-refractivity contribution in [3.05, 3.63) is 91.0 Å². The van der Waals surface area contributed by atoms with Crippen molar-refractivity contribution >= 4 is 23.6 Å². The molecule has 0 unspecified atom stereocenters. The Morgan fingerprint density at radius 3 is 1.14 bits per heavy atom. The Morgan fingerprint density at radius 2 is 0.864 bits per heavy atom. The molecule has 0 bridgehead atoms. The minimum Gasteiger partial charge on any atom is -0.0656 e. The van der Waals surface area contributed by atoms with E-state index >= 15 is 0 Å². The zero-order chi connectivity index (χ0) is 15.3. The molecule has 0 fully saturated rings. The molecule has 1 heteroatoms. The van der Waals surface area contributed by atoms with Gasteiger partial charge in [-0.05, 0) is 21.6 Å². The first kappa shape index (κ1) is 14.8. The zero-order valence-corrected chi connectivity index (χ0v) is 14.1. The second-order valence-corrected chi connectivity index (χ2v) is 9.80. The van der Waals surface area contributed by atoms with Gasteiger partial charge in [0.1, 0.15) is 8.07 Å². The van der Waals surface area contributed by atoms with Crippen LogP contribution < -0.4 is 15.6 Å². The largest absolute Gasteiger partial charge is 0.148 e. The molecule has 0 spiro atoms. The summed E-state index contributed by atoms with van der Waals surface area (Å²) < 4.78 is 0. The van der Waals surface area contributed by atoms with Crippen LogP contribution in [0.2, 0.25) is 6.04 Å². The van der Waals surface area contributed by atoms with E-state index in [0.717, 1.165) is 0 Å². The fraction of sp³-hybridized carbons (Fsp3) is 0.143. The van der Waals surface area contributed by atoms with Crippen LogP contribution in [0.5, 0.6) is 0 Å². The molecule has 0 atom stereocenters. The highest BCUT2D eigenvalue weighted by molar-refractivity contribution is 7.11. The van der Waals surface area contributed by atoms with E-state index in [-0.39, 0.29) is 0 Å². The van der Waals surface area contributed by atoms with Gasteiger partial charge in [0.25, 0.3) is 0 Å². The number of benzene rings is 3. The maximum Gasteiger partial charge on any atom is 0.148 e. The van der Waals surface area contributed by atoms with Crippen LogP contribution in [-0.4, -0.2) is 8.07 Å². The van der Waals surface area contributed by atoms with E-state index in [1.165, 1.54) is 28.0 Å². The minimum atomic E-state index is -1.92. The van der Waals surface area contributed by atoms with Crippen molar-refractivity contribution in [2.45, 2.75) is 19.4 Å². The van der Waals surface area contributed by atoms with E-state index in [1.807, 2.05) is 0 Å². The van der Waals surface area contributed by atoms with Gasteiger partial charge in [0.15, 0.2) is 0 Å². The van der Waals surface area contributed by atoms with E-state index in [4.69, 9.17) is 0 Å². The third kappa shape index (κ3) is 2.64. The summed E-state index contributed by atoms with van der Waals surface area (Å²) in [6.07, 6.45) is 1.20. The normalized spacial score (nSPS) is 11.3. The van der Waals surface area contributed by atoms with Crippen molar-refractivity contribution in [2.75, 3.05) is 0 Å². The summed E-state index contributed by atoms with van der Waals surface area (Å²) in [5.41, 5.74) is 0. The SMILES string of the molecule is CCC[Si](c1ccccc1)(c1ccccc1)c1ccccc1. The molecule has 3 aromatic carbocycles. The van der Waals surface area contributed by atoms with Gasteiger partial charge >= 0.3 is 0 Å². The molecule has 0 nitrogen and oxygen atoms in total. The third-order valence-electron chi connectivity index (χ3n) is 4.42. The van der Waals surface area contributed by atoms with E-state index < -0.39 is 8.07 Å². The number of rotatable bonds is 5. The van der Waals surface area contributed by atoms with Gasteiger partial charge < -0.3 is 0 Å². The van der Waals surface area contributed by atoms with Crippen LogP contribution in [0.15, 0.2) is 91.0 Å². The standard InChI is InChI=1S/C21H22Si/c1-2-18-22(19-12-6-3-7-13-19,20-14-8-4-9-15-20)21-16-10-5-11-17-21/h3-17H,2,18H2,1H3. The van der Waals surface area contributed by atoms with Gasteiger partial charge in [-0.25, -0.2) is 0 Å². The maximum absolute atomic E-state index is 2.32. The van der Waals surface area contributed by atoms with Crippen LogP contribution in [0.3, 0.4) is 0 Å². The summed E-state index contributed by atoms with van der Waals surface area (Å²) in [5, 5.41) is 4.53. The molecule has 0 aliphatic heterocycles. The molecule has 3 rings (SSSR count).